The van der Waals surface area contributed by atoms with Gasteiger partial charge in [0.15, 0.2) is 0 Å². The van der Waals surface area contributed by atoms with E-state index >= 15 is 0 Å². The fraction of sp³-hybridized carbons (Fsp3) is 0.769. The van der Waals surface area contributed by atoms with Crippen molar-refractivity contribution < 1.29 is 4.52 Å². The third kappa shape index (κ3) is 2.64. The number of nitrogens with zero attached hydrogens (tertiary/aromatic N) is 1. The normalized spacial score (nSPS) is 24.6. The Balaban J connectivity index is 1.89. The van der Waals surface area contributed by atoms with Crippen molar-refractivity contribution in [3.8, 4) is 0 Å². The molecule has 1 N–H and O–H groups in total. The predicted molar refractivity (Wildman–Crippen MR) is 64.1 cm³/mol. The second-order valence-corrected chi connectivity index (χ2v) is 5.60. The zero-order valence-corrected chi connectivity index (χ0v) is 10.5. The molecule has 1 unspecified atom stereocenters. The minimum absolute atomic E-state index is 0.414. The molecule has 0 bridgehead atoms. The molecule has 3 nitrogen and oxygen atoms in total. The van der Waals surface area contributed by atoms with Gasteiger partial charge in [0.2, 0.25) is 0 Å². The summed E-state index contributed by atoms with van der Waals surface area (Å²) in [5.74, 6) is 0.889. The summed E-state index contributed by atoms with van der Waals surface area (Å²) in [6.45, 7) is 7.47. The van der Waals surface area contributed by atoms with Gasteiger partial charge in [-0.3, -0.25) is 0 Å². The minimum Gasteiger partial charge on any atom is -0.361 e. The van der Waals surface area contributed by atoms with Crippen molar-refractivity contribution in [1.29, 1.82) is 0 Å². The fourth-order valence-electron chi connectivity index (χ4n) is 2.60. The first-order valence-electron chi connectivity index (χ1n) is 6.23. The molecule has 2 rings (SSSR count). The average molecular weight is 222 g/mol. The van der Waals surface area contributed by atoms with Crippen LogP contribution in [0.3, 0.4) is 0 Å². The molecule has 1 aromatic rings. The van der Waals surface area contributed by atoms with Gasteiger partial charge in [-0.25, -0.2) is 0 Å². The second-order valence-electron chi connectivity index (χ2n) is 5.60. The molecule has 3 heteroatoms. The molecular formula is C13H22N2O. The smallest absolute Gasteiger partial charge is 0.133 e. The lowest BCUT2D eigenvalue weighted by atomic mass is 9.73. The van der Waals surface area contributed by atoms with Crippen molar-refractivity contribution in [3.63, 3.8) is 0 Å². The lowest BCUT2D eigenvalue weighted by Crippen LogP contribution is -2.43. The number of nitrogens with one attached hydrogen (secondary N) is 1. The Labute approximate surface area is 97.6 Å². The van der Waals surface area contributed by atoms with Crippen molar-refractivity contribution in [1.82, 2.24) is 10.5 Å². The van der Waals surface area contributed by atoms with Gasteiger partial charge in [-0.1, -0.05) is 31.8 Å². The molecule has 1 fully saturated rings. The quantitative estimate of drug-likeness (QED) is 0.854. The number of aryl methyl sites for hydroxylation is 1. The monoisotopic (exact) mass is 222 g/mol. The highest BCUT2D eigenvalue weighted by molar-refractivity contribution is 5.03. The lowest BCUT2D eigenvalue weighted by molar-refractivity contribution is 0.166. The van der Waals surface area contributed by atoms with Gasteiger partial charge < -0.3 is 9.84 Å². The van der Waals surface area contributed by atoms with E-state index in [9.17, 15) is 0 Å². The zero-order valence-electron chi connectivity index (χ0n) is 10.5. The molecule has 0 radical (unpaired) electrons. The van der Waals surface area contributed by atoms with E-state index in [2.05, 4.69) is 24.3 Å². The van der Waals surface area contributed by atoms with Gasteiger partial charge in [-0.15, -0.1) is 0 Å². The molecule has 0 amide bonds. The number of aromatic nitrogens is 1. The van der Waals surface area contributed by atoms with E-state index in [-0.39, 0.29) is 0 Å². The van der Waals surface area contributed by atoms with E-state index in [1.165, 1.54) is 25.7 Å². The van der Waals surface area contributed by atoms with Crippen LogP contribution in [0.5, 0.6) is 0 Å². The van der Waals surface area contributed by atoms with Gasteiger partial charge in [-0.05, 0) is 25.2 Å². The fourth-order valence-corrected chi connectivity index (χ4v) is 2.60. The van der Waals surface area contributed by atoms with Gasteiger partial charge in [0.25, 0.3) is 0 Å². The first kappa shape index (κ1) is 11.6. The Morgan fingerprint density at radius 2 is 2.31 bits per heavy atom. The van der Waals surface area contributed by atoms with Crippen LogP contribution in [0.4, 0.5) is 0 Å². The molecule has 1 aliphatic rings. The summed E-state index contributed by atoms with van der Waals surface area (Å²) in [5, 5.41) is 7.63. The van der Waals surface area contributed by atoms with Gasteiger partial charge in [-0.2, -0.15) is 0 Å². The van der Waals surface area contributed by atoms with Crippen LogP contribution in [-0.2, 0) is 6.54 Å². The largest absolute Gasteiger partial charge is 0.361 e. The van der Waals surface area contributed by atoms with Crippen LogP contribution in [0.15, 0.2) is 10.6 Å². The lowest BCUT2D eigenvalue weighted by Gasteiger charge is -2.39. The molecule has 0 spiro atoms. The van der Waals surface area contributed by atoms with E-state index in [1.54, 1.807) is 0 Å². The molecule has 1 atom stereocenters. The third-order valence-corrected chi connectivity index (χ3v) is 3.71. The summed E-state index contributed by atoms with van der Waals surface area (Å²) in [6, 6.07) is 2.61. The van der Waals surface area contributed by atoms with Crippen LogP contribution in [0, 0.1) is 12.3 Å². The molecule has 0 saturated heterocycles. The zero-order chi connectivity index (χ0) is 11.6. The standard InChI is InChI=1S/C13H22N2O/c1-10-8-11(15-16-10)9-14-12-6-4-5-7-13(12,2)3/h8,12,14H,4-7,9H2,1-3H3. The summed E-state index contributed by atoms with van der Waals surface area (Å²) in [4.78, 5) is 0. The molecular weight excluding hydrogens is 200 g/mol. The maximum absolute atomic E-state index is 5.07. The van der Waals surface area contributed by atoms with Crippen LogP contribution in [-0.4, -0.2) is 11.2 Å². The maximum Gasteiger partial charge on any atom is 0.133 e. The third-order valence-electron chi connectivity index (χ3n) is 3.71. The Kier molecular flexibility index (Phi) is 3.33. The Morgan fingerprint density at radius 3 is 2.94 bits per heavy atom. The Hall–Kier alpha value is -0.830. The molecule has 0 aromatic carbocycles. The van der Waals surface area contributed by atoms with Crippen LogP contribution in [0.1, 0.15) is 51.0 Å². The predicted octanol–water partition coefficient (Wildman–Crippen LogP) is 3.04. The Bertz CT molecular complexity index is 343. The van der Waals surface area contributed by atoms with E-state index in [0.717, 1.165) is 18.0 Å². The van der Waals surface area contributed by atoms with Crippen LogP contribution < -0.4 is 5.32 Å². The molecule has 1 saturated carbocycles. The van der Waals surface area contributed by atoms with Crippen molar-refractivity contribution in [2.24, 2.45) is 5.41 Å². The summed E-state index contributed by atoms with van der Waals surface area (Å²) < 4.78 is 5.07. The van der Waals surface area contributed by atoms with Crippen LogP contribution in [0.25, 0.3) is 0 Å². The van der Waals surface area contributed by atoms with Gasteiger partial charge in [0.1, 0.15) is 5.76 Å². The van der Waals surface area contributed by atoms with Crippen molar-refractivity contribution >= 4 is 0 Å². The second kappa shape index (κ2) is 4.58. The highest BCUT2D eigenvalue weighted by Gasteiger charge is 2.31. The summed E-state index contributed by atoms with van der Waals surface area (Å²) in [5.41, 5.74) is 1.43. The molecule has 1 aromatic heterocycles. The van der Waals surface area contributed by atoms with Crippen molar-refractivity contribution in [2.75, 3.05) is 0 Å². The van der Waals surface area contributed by atoms with E-state index in [1.807, 2.05) is 13.0 Å². The molecule has 1 aliphatic carbocycles. The Morgan fingerprint density at radius 1 is 1.50 bits per heavy atom. The van der Waals surface area contributed by atoms with E-state index < -0.39 is 0 Å². The van der Waals surface area contributed by atoms with E-state index in [0.29, 0.717) is 11.5 Å². The summed E-state index contributed by atoms with van der Waals surface area (Å²) in [6.07, 6.45) is 5.32. The van der Waals surface area contributed by atoms with Gasteiger partial charge >= 0.3 is 0 Å². The van der Waals surface area contributed by atoms with Crippen LogP contribution >= 0.6 is 0 Å². The molecule has 90 valence electrons. The number of hydrogen-bond acceptors (Lipinski definition) is 3. The molecule has 0 aliphatic heterocycles. The highest BCUT2D eigenvalue weighted by Crippen LogP contribution is 2.35. The van der Waals surface area contributed by atoms with Crippen molar-refractivity contribution in [2.45, 2.75) is 59.0 Å². The average Bonchev–Trinajstić information content (AvgIpc) is 2.62. The molecule has 16 heavy (non-hydrogen) atoms. The van der Waals surface area contributed by atoms with E-state index in [4.69, 9.17) is 4.52 Å². The number of hydrogen-bond donors (Lipinski definition) is 1. The maximum atomic E-state index is 5.07. The minimum atomic E-state index is 0.414. The number of rotatable bonds is 3. The van der Waals surface area contributed by atoms with Gasteiger partial charge in [0, 0.05) is 18.7 Å². The first-order valence-corrected chi connectivity index (χ1v) is 6.23. The molecule has 1 heterocycles. The summed E-state index contributed by atoms with van der Waals surface area (Å²) in [7, 11) is 0. The topological polar surface area (TPSA) is 38.1 Å². The SMILES string of the molecule is Cc1cc(CNC2CCCCC2(C)C)no1. The first-order chi connectivity index (χ1) is 7.58. The van der Waals surface area contributed by atoms with Gasteiger partial charge in [0.05, 0.1) is 5.69 Å². The highest BCUT2D eigenvalue weighted by atomic mass is 16.5. The summed E-state index contributed by atoms with van der Waals surface area (Å²) >= 11 is 0. The van der Waals surface area contributed by atoms with Crippen molar-refractivity contribution in [3.05, 3.63) is 17.5 Å². The van der Waals surface area contributed by atoms with Crippen LogP contribution in [0.2, 0.25) is 0 Å².